The van der Waals surface area contributed by atoms with Crippen LogP contribution in [0.25, 0.3) is 0 Å². The number of nitrogens with zero attached hydrogens (tertiary/aromatic N) is 1. The van der Waals surface area contributed by atoms with E-state index in [2.05, 4.69) is 11.8 Å². The number of nitrogens with two attached hydrogens (primary N) is 1. The van der Waals surface area contributed by atoms with Gasteiger partial charge in [0.15, 0.2) is 0 Å². The third-order valence-electron chi connectivity index (χ3n) is 4.13. The highest BCUT2D eigenvalue weighted by molar-refractivity contribution is 5.57. The van der Waals surface area contributed by atoms with E-state index in [4.69, 9.17) is 10.5 Å². The van der Waals surface area contributed by atoms with Crippen molar-refractivity contribution in [3.63, 3.8) is 0 Å². The van der Waals surface area contributed by atoms with Crippen molar-refractivity contribution < 1.29 is 9.13 Å². The summed E-state index contributed by atoms with van der Waals surface area (Å²) in [5.41, 5.74) is 7.54. The van der Waals surface area contributed by atoms with Crippen LogP contribution in [-0.4, -0.2) is 26.3 Å². The van der Waals surface area contributed by atoms with Crippen LogP contribution in [-0.2, 0) is 4.74 Å². The van der Waals surface area contributed by atoms with Crippen molar-refractivity contribution in [2.45, 2.75) is 38.8 Å². The fraction of sp³-hybridized carbons (Fsp3) is 0.625. The lowest BCUT2D eigenvalue weighted by molar-refractivity contribution is 0.202. The summed E-state index contributed by atoms with van der Waals surface area (Å²) in [4.78, 5) is 2.13. The van der Waals surface area contributed by atoms with E-state index < -0.39 is 0 Å². The fourth-order valence-electron chi connectivity index (χ4n) is 2.74. The summed E-state index contributed by atoms with van der Waals surface area (Å²) in [7, 11) is 1.67. The highest BCUT2D eigenvalue weighted by Gasteiger charge is 2.34. The quantitative estimate of drug-likeness (QED) is 0.834. The molecule has 1 aromatic carbocycles. The van der Waals surface area contributed by atoms with Crippen LogP contribution in [0.2, 0.25) is 0 Å². The highest BCUT2D eigenvalue weighted by atomic mass is 19.1. The van der Waals surface area contributed by atoms with E-state index in [9.17, 15) is 4.39 Å². The standard InChI is InChI=1S/C16H25FN2O/c1-11(18)14-5-4-6-15(17)16(14)19(9-10-20-3)12(2)13-7-8-13/h4-6,11-13H,7-10,18H2,1-3H3/t11-,12?/m1/s1. The molecule has 20 heavy (non-hydrogen) atoms. The van der Waals surface area contributed by atoms with E-state index in [0.717, 1.165) is 5.56 Å². The lowest BCUT2D eigenvalue weighted by atomic mass is 10.0. The average molecular weight is 280 g/mol. The Morgan fingerprint density at radius 3 is 2.65 bits per heavy atom. The summed E-state index contributed by atoms with van der Waals surface area (Å²) in [5, 5.41) is 0. The molecular weight excluding hydrogens is 255 g/mol. The maximum absolute atomic E-state index is 14.4. The lowest BCUT2D eigenvalue weighted by Gasteiger charge is -2.34. The first-order valence-electron chi connectivity index (χ1n) is 7.35. The number of rotatable bonds is 7. The number of hydrogen-bond acceptors (Lipinski definition) is 3. The molecule has 0 radical (unpaired) electrons. The molecular formula is C16H25FN2O. The molecule has 4 heteroatoms. The average Bonchev–Trinajstić information content (AvgIpc) is 3.24. The SMILES string of the molecule is COCCN(c1c(F)cccc1[C@@H](C)N)C(C)C1CC1. The van der Waals surface area contributed by atoms with Crippen LogP contribution in [0.1, 0.15) is 38.3 Å². The van der Waals surface area contributed by atoms with Gasteiger partial charge in [-0.05, 0) is 44.2 Å². The normalized spacial score (nSPS) is 17.9. The predicted molar refractivity (Wildman–Crippen MR) is 80.4 cm³/mol. The molecule has 0 aliphatic heterocycles. The van der Waals surface area contributed by atoms with E-state index in [1.54, 1.807) is 13.2 Å². The molecule has 1 aliphatic carbocycles. The Labute approximate surface area is 120 Å². The third-order valence-corrected chi connectivity index (χ3v) is 4.13. The van der Waals surface area contributed by atoms with E-state index >= 15 is 0 Å². The van der Waals surface area contributed by atoms with Crippen LogP contribution in [0.5, 0.6) is 0 Å². The van der Waals surface area contributed by atoms with Gasteiger partial charge in [0.1, 0.15) is 5.82 Å². The molecule has 0 bridgehead atoms. The van der Waals surface area contributed by atoms with Crippen molar-refractivity contribution in [1.82, 2.24) is 0 Å². The van der Waals surface area contributed by atoms with E-state index in [1.807, 2.05) is 13.0 Å². The van der Waals surface area contributed by atoms with Crippen molar-refractivity contribution in [2.24, 2.45) is 11.7 Å². The van der Waals surface area contributed by atoms with E-state index in [-0.39, 0.29) is 11.9 Å². The van der Waals surface area contributed by atoms with Crippen molar-refractivity contribution in [1.29, 1.82) is 0 Å². The van der Waals surface area contributed by atoms with Crippen molar-refractivity contribution >= 4 is 5.69 Å². The molecule has 2 atom stereocenters. The minimum atomic E-state index is -0.191. The van der Waals surface area contributed by atoms with Crippen LogP contribution < -0.4 is 10.6 Å². The number of para-hydroxylation sites is 1. The Morgan fingerprint density at radius 1 is 1.40 bits per heavy atom. The predicted octanol–water partition coefficient (Wildman–Crippen LogP) is 3.10. The molecule has 1 unspecified atom stereocenters. The van der Waals surface area contributed by atoms with Gasteiger partial charge in [-0.25, -0.2) is 4.39 Å². The van der Waals surface area contributed by atoms with Crippen LogP contribution >= 0.6 is 0 Å². The van der Waals surface area contributed by atoms with Gasteiger partial charge in [0, 0.05) is 25.7 Å². The van der Waals surface area contributed by atoms with Crippen molar-refractivity contribution in [3.05, 3.63) is 29.6 Å². The molecule has 112 valence electrons. The highest BCUT2D eigenvalue weighted by Crippen LogP contribution is 2.39. The van der Waals surface area contributed by atoms with E-state index in [1.165, 1.54) is 18.9 Å². The minimum Gasteiger partial charge on any atom is -0.383 e. The van der Waals surface area contributed by atoms with Crippen molar-refractivity contribution in [3.8, 4) is 0 Å². The first-order chi connectivity index (χ1) is 9.56. The zero-order chi connectivity index (χ0) is 14.7. The second-order valence-corrected chi connectivity index (χ2v) is 5.73. The molecule has 0 spiro atoms. The Balaban J connectivity index is 2.35. The Kier molecular flexibility index (Phi) is 5.00. The molecule has 1 saturated carbocycles. The molecule has 2 rings (SSSR count). The van der Waals surface area contributed by atoms with Gasteiger partial charge in [0.25, 0.3) is 0 Å². The molecule has 0 saturated heterocycles. The van der Waals surface area contributed by atoms with Crippen molar-refractivity contribution in [2.75, 3.05) is 25.2 Å². The first kappa shape index (κ1) is 15.3. The smallest absolute Gasteiger partial charge is 0.146 e. The fourth-order valence-corrected chi connectivity index (χ4v) is 2.74. The van der Waals surface area contributed by atoms with Crippen LogP contribution in [0.3, 0.4) is 0 Å². The summed E-state index contributed by atoms with van der Waals surface area (Å²) in [6.07, 6.45) is 2.46. The summed E-state index contributed by atoms with van der Waals surface area (Å²) in [5.74, 6) is 0.468. The Hall–Kier alpha value is -1.13. The Bertz CT molecular complexity index is 446. The van der Waals surface area contributed by atoms with Gasteiger partial charge in [0.2, 0.25) is 0 Å². The van der Waals surface area contributed by atoms with Gasteiger partial charge in [-0.2, -0.15) is 0 Å². The van der Waals surface area contributed by atoms with Gasteiger partial charge < -0.3 is 15.4 Å². The molecule has 0 aromatic heterocycles. The molecule has 1 aliphatic rings. The van der Waals surface area contributed by atoms with Gasteiger partial charge in [0.05, 0.1) is 12.3 Å². The summed E-state index contributed by atoms with van der Waals surface area (Å²) in [6, 6.07) is 5.30. The van der Waals surface area contributed by atoms with Gasteiger partial charge >= 0.3 is 0 Å². The molecule has 1 aromatic rings. The summed E-state index contributed by atoms with van der Waals surface area (Å²) in [6.45, 7) is 5.35. The first-order valence-corrected chi connectivity index (χ1v) is 7.35. The Morgan fingerprint density at radius 2 is 2.10 bits per heavy atom. The van der Waals surface area contributed by atoms with Gasteiger partial charge in [-0.15, -0.1) is 0 Å². The van der Waals surface area contributed by atoms with Crippen LogP contribution in [0.15, 0.2) is 18.2 Å². The lowest BCUT2D eigenvalue weighted by Crippen LogP contribution is -2.39. The summed E-state index contributed by atoms with van der Waals surface area (Å²) < 4.78 is 19.6. The summed E-state index contributed by atoms with van der Waals surface area (Å²) >= 11 is 0. The number of benzene rings is 1. The largest absolute Gasteiger partial charge is 0.383 e. The van der Waals surface area contributed by atoms with Crippen LogP contribution in [0, 0.1) is 11.7 Å². The monoisotopic (exact) mass is 280 g/mol. The zero-order valence-electron chi connectivity index (χ0n) is 12.6. The molecule has 0 amide bonds. The van der Waals surface area contributed by atoms with Crippen LogP contribution in [0.4, 0.5) is 10.1 Å². The number of halogens is 1. The third kappa shape index (κ3) is 3.30. The maximum atomic E-state index is 14.4. The zero-order valence-corrected chi connectivity index (χ0v) is 12.6. The number of ether oxygens (including phenoxy) is 1. The van der Waals surface area contributed by atoms with Gasteiger partial charge in [-0.1, -0.05) is 12.1 Å². The second-order valence-electron chi connectivity index (χ2n) is 5.73. The molecule has 1 fully saturated rings. The topological polar surface area (TPSA) is 38.5 Å². The molecule has 0 heterocycles. The van der Waals surface area contributed by atoms with Gasteiger partial charge in [-0.3, -0.25) is 0 Å². The minimum absolute atomic E-state index is 0.183. The number of hydrogen-bond donors (Lipinski definition) is 1. The molecule has 3 nitrogen and oxygen atoms in total. The molecule has 2 N–H and O–H groups in total. The number of anilines is 1. The maximum Gasteiger partial charge on any atom is 0.146 e. The second kappa shape index (κ2) is 6.55. The number of methoxy groups -OCH3 is 1. The van der Waals surface area contributed by atoms with E-state index in [0.29, 0.717) is 30.8 Å².